The minimum absolute atomic E-state index is 0.466. The van der Waals surface area contributed by atoms with Crippen molar-refractivity contribution in [3.05, 3.63) is 64.2 Å². The van der Waals surface area contributed by atoms with E-state index >= 15 is 0 Å². The van der Waals surface area contributed by atoms with Gasteiger partial charge in [0.2, 0.25) is 0 Å². The van der Waals surface area contributed by atoms with Gasteiger partial charge in [0.25, 0.3) is 0 Å². The largest absolute Gasteiger partial charge is 0.416 e. The first-order valence-electron chi connectivity index (χ1n) is 6.89. The molecule has 1 atom stereocenters. The van der Waals surface area contributed by atoms with Crippen LogP contribution in [-0.4, -0.2) is 10.4 Å². The van der Waals surface area contributed by atoms with E-state index in [1.165, 1.54) is 18.3 Å². The van der Waals surface area contributed by atoms with Crippen molar-refractivity contribution in [1.82, 2.24) is 0 Å². The molecule has 0 spiro atoms. The highest BCUT2D eigenvalue weighted by Crippen LogP contribution is 2.29. The molecule has 0 aromatic heterocycles. The van der Waals surface area contributed by atoms with E-state index < -0.39 is 22.7 Å². The number of rotatable bonds is 3. The summed E-state index contributed by atoms with van der Waals surface area (Å²) in [5.41, 5.74) is 2.58. The number of nitrogens with zero attached hydrogens (tertiary/aromatic N) is 1. The van der Waals surface area contributed by atoms with Crippen LogP contribution in [-0.2, 0) is 17.2 Å². The topological polar surface area (TPSA) is 29.4 Å². The van der Waals surface area contributed by atoms with E-state index in [0.717, 1.165) is 28.8 Å². The molecule has 0 N–H and O–H groups in total. The van der Waals surface area contributed by atoms with E-state index in [4.69, 9.17) is 0 Å². The van der Waals surface area contributed by atoms with Gasteiger partial charge in [-0.25, -0.2) is 4.21 Å². The van der Waals surface area contributed by atoms with Crippen molar-refractivity contribution in [2.45, 2.75) is 31.8 Å². The van der Waals surface area contributed by atoms with Crippen LogP contribution in [0.2, 0.25) is 0 Å². The third kappa shape index (κ3) is 4.28. The summed E-state index contributed by atoms with van der Waals surface area (Å²) in [4.78, 5) is 0.638. The smallest absolute Gasteiger partial charge is 0.229 e. The first kappa shape index (κ1) is 17.4. The van der Waals surface area contributed by atoms with Gasteiger partial charge >= 0.3 is 6.18 Å². The lowest BCUT2D eigenvalue weighted by Gasteiger charge is -2.08. The fourth-order valence-corrected chi connectivity index (χ4v) is 3.35. The molecule has 0 amide bonds. The van der Waals surface area contributed by atoms with Crippen LogP contribution in [0.1, 0.15) is 27.8 Å². The summed E-state index contributed by atoms with van der Waals surface area (Å²) >= 11 is 0. The van der Waals surface area contributed by atoms with Gasteiger partial charge in [0.05, 0.1) is 10.5 Å². The summed E-state index contributed by atoms with van der Waals surface area (Å²) in [6.45, 7) is 5.68. The Labute approximate surface area is 135 Å². The fraction of sp³-hybridized carbons (Fsp3) is 0.235. The lowest BCUT2D eigenvalue weighted by molar-refractivity contribution is -0.137. The predicted molar refractivity (Wildman–Crippen MR) is 86.1 cm³/mol. The quantitative estimate of drug-likeness (QED) is 0.741. The van der Waals surface area contributed by atoms with Gasteiger partial charge in [0.1, 0.15) is 0 Å². The van der Waals surface area contributed by atoms with Crippen molar-refractivity contribution in [2.24, 2.45) is 4.40 Å². The molecule has 6 heteroatoms. The number of hydrogen-bond donors (Lipinski definition) is 0. The number of halogens is 3. The molecule has 0 saturated heterocycles. The SMILES string of the molecule is Cc1cc(C)c([S@](=O)/N=C/c2ccc(C(F)(F)F)cc2)c(C)c1. The van der Waals surface area contributed by atoms with E-state index in [1.807, 2.05) is 32.9 Å². The molecule has 122 valence electrons. The molecule has 2 aromatic rings. The van der Waals surface area contributed by atoms with E-state index in [-0.39, 0.29) is 0 Å². The standard InChI is InChI=1S/C17H16F3NOS/c1-11-8-12(2)16(13(3)9-11)23(22)21-10-14-4-6-15(7-5-14)17(18,19)20/h4-10H,1-3H3/b21-10+/t23-/m0/s1. The second kappa shape index (κ2) is 6.66. The highest BCUT2D eigenvalue weighted by molar-refractivity contribution is 7.84. The minimum atomic E-state index is -4.37. The van der Waals surface area contributed by atoms with Crippen molar-refractivity contribution in [3.63, 3.8) is 0 Å². The minimum Gasteiger partial charge on any atom is -0.229 e. The maximum absolute atomic E-state index is 12.5. The molecular weight excluding hydrogens is 323 g/mol. The Morgan fingerprint density at radius 2 is 1.52 bits per heavy atom. The summed E-state index contributed by atoms with van der Waals surface area (Å²) in [5.74, 6) is 0. The van der Waals surface area contributed by atoms with E-state index in [1.54, 1.807) is 0 Å². The molecule has 23 heavy (non-hydrogen) atoms. The van der Waals surface area contributed by atoms with Crippen molar-refractivity contribution < 1.29 is 17.4 Å². The molecule has 0 aliphatic heterocycles. The van der Waals surface area contributed by atoms with Crippen molar-refractivity contribution in [1.29, 1.82) is 0 Å². The van der Waals surface area contributed by atoms with Gasteiger partial charge in [-0.05, 0) is 49.6 Å². The Morgan fingerprint density at radius 1 is 1.00 bits per heavy atom. The predicted octanol–water partition coefficient (Wildman–Crippen LogP) is 4.77. The van der Waals surface area contributed by atoms with Crippen LogP contribution < -0.4 is 0 Å². The Bertz CT molecular complexity index is 741. The lowest BCUT2D eigenvalue weighted by atomic mass is 10.1. The van der Waals surface area contributed by atoms with E-state index in [9.17, 15) is 17.4 Å². The van der Waals surface area contributed by atoms with Crippen LogP contribution in [0.4, 0.5) is 13.2 Å². The first-order valence-corrected chi connectivity index (χ1v) is 8.00. The van der Waals surface area contributed by atoms with Gasteiger partial charge in [0, 0.05) is 6.21 Å². The van der Waals surface area contributed by atoms with E-state index in [2.05, 4.69) is 4.40 Å². The first-order chi connectivity index (χ1) is 10.7. The molecule has 0 aliphatic carbocycles. The molecule has 0 bridgehead atoms. The number of aryl methyl sites for hydroxylation is 3. The fourth-order valence-electron chi connectivity index (χ4n) is 2.36. The molecule has 2 rings (SSSR count). The van der Waals surface area contributed by atoms with Gasteiger partial charge < -0.3 is 0 Å². The zero-order valence-electron chi connectivity index (χ0n) is 12.9. The highest BCUT2D eigenvalue weighted by atomic mass is 32.2. The van der Waals surface area contributed by atoms with Gasteiger partial charge in [-0.1, -0.05) is 29.8 Å². The van der Waals surface area contributed by atoms with Crippen LogP contribution >= 0.6 is 0 Å². The summed E-state index contributed by atoms with van der Waals surface area (Å²) < 4.78 is 53.8. The molecule has 0 saturated carbocycles. The van der Waals surface area contributed by atoms with Crippen LogP contribution in [0, 0.1) is 20.8 Å². The van der Waals surface area contributed by atoms with Crippen molar-refractivity contribution >= 4 is 17.2 Å². The van der Waals surface area contributed by atoms with Crippen molar-refractivity contribution in [2.75, 3.05) is 0 Å². The molecule has 0 heterocycles. The third-order valence-electron chi connectivity index (χ3n) is 3.31. The normalized spacial score (nSPS) is 13.5. The van der Waals surface area contributed by atoms with Crippen molar-refractivity contribution in [3.8, 4) is 0 Å². The summed E-state index contributed by atoms with van der Waals surface area (Å²) in [6, 6.07) is 8.41. The van der Waals surface area contributed by atoms with Crippen LogP contribution in [0.25, 0.3) is 0 Å². The Balaban J connectivity index is 2.22. The van der Waals surface area contributed by atoms with Crippen LogP contribution in [0.15, 0.2) is 45.7 Å². The number of benzene rings is 2. The van der Waals surface area contributed by atoms with Gasteiger partial charge in [-0.15, -0.1) is 0 Å². The molecule has 2 nitrogen and oxygen atoms in total. The third-order valence-corrected chi connectivity index (χ3v) is 4.60. The van der Waals surface area contributed by atoms with Crippen LogP contribution in [0.3, 0.4) is 0 Å². The molecule has 0 unspecified atom stereocenters. The molecule has 0 aliphatic rings. The molecule has 0 radical (unpaired) electrons. The second-order valence-corrected chi connectivity index (χ2v) is 6.45. The summed E-state index contributed by atoms with van der Waals surface area (Å²) in [5, 5.41) is 0. The Hall–Kier alpha value is -1.95. The number of hydrogen-bond acceptors (Lipinski definition) is 1. The molecule has 2 aromatic carbocycles. The van der Waals surface area contributed by atoms with Gasteiger partial charge in [-0.3, -0.25) is 0 Å². The summed E-state index contributed by atoms with van der Waals surface area (Å²) in [7, 11) is -1.59. The Morgan fingerprint density at radius 3 is 2.00 bits per heavy atom. The van der Waals surface area contributed by atoms with Gasteiger partial charge in [-0.2, -0.15) is 17.6 Å². The summed E-state index contributed by atoms with van der Waals surface area (Å²) in [6.07, 6.45) is -3.04. The van der Waals surface area contributed by atoms with Crippen LogP contribution in [0.5, 0.6) is 0 Å². The van der Waals surface area contributed by atoms with Gasteiger partial charge in [0.15, 0.2) is 11.0 Å². The van der Waals surface area contributed by atoms with E-state index in [0.29, 0.717) is 10.5 Å². The highest BCUT2D eigenvalue weighted by Gasteiger charge is 2.29. The molecule has 0 fully saturated rings. The monoisotopic (exact) mass is 339 g/mol. The maximum Gasteiger partial charge on any atom is 0.416 e. The molecular formula is C17H16F3NOS. The average Bonchev–Trinajstić information content (AvgIpc) is 2.43. The average molecular weight is 339 g/mol. The maximum atomic E-state index is 12.5. The number of alkyl halides is 3. The second-order valence-electron chi connectivity index (χ2n) is 5.33. The zero-order chi connectivity index (χ0) is 17.2. The zero-order valence-corrected chi connectivity index (χ0v) is 13.8. The Kier molecular flexibility index (Phi) is 5.04. The lowest BCUT2D eigenvalue weighted by Crippen LogP contribution is -2.04.